The van der Waals surface area contributed by atoms with E-state index in [0.29, 0.717) is 17.1 Å². The molecular weight excluding hydrogens is 408 g/mol. The topological polar surface area (TPSA) is 113 Å². The molecule has 0 saturated heterocycles. The minimum atomic E-state index is -1.04. The Morgan fingerprint density at radius 2 is 1.97 bits per heavy atom. The van der Waals surface area contributed by atoms with Crippen LogP contribution < -0.4 is 10.6 Å². The molecule has 166 valence electrons. The number of aryl methyl sites for hydroxylation is 1. The van der Waals surface area contributed by atoms with E-state index in [1.807, 2.05) is 43.3 Å². The smallest absolute Gasteiger partial charge is 0.328 e. The van der Waals surface area contributed by atoms with E-state index in [1.165, 1.54) is 7.11 Å². The fraction of sp³-hybridized carbons (Fsp3) is 0.333. The van der Waals surface area contributed by atoms with Crippen molar-refractivity contribution < 1.29 is 19.4 Å². The van der Waals surface area contributed by atoms with E-state index in [2.05, 4.69) is 20.6 Å². The number of carboxylic acid groups (broad SMARTS) is 1. The summed E-state index contributed by atoms with van der Waals surface area (Å²) in [5.41, 5.74) is 4.31. The number of carboxylic acids is 1. The van der Waals surface area contributed by atoms with Crippen molar-refractivity contribution in [3.63, 3.8) is 0 Å². The second kappa shape index (κ2) is 8.92. The molecule has 32 heavy (non-hydrogen) atoms. The van der Waals surface area contributed by atoms with Gasteiger partial charge in [0.25, 0.3) is 5.91 Å². The summed E-state index contributed by atoms with van der Waals surface area (Å²) in [6, 6.07) is 10.8. The third-order valence-corrected chi connectivity index (χ3v) is 5.69. The van der Waals surface area contributed by atoms with Crippen molar-refractivity contribution in [3.8, 4) is 11.1 Å². The molecule has 3 N–H and O–H groups in total. The summed E-state index contributed by atoms with van der Waals surface area (Å²) in [6.07, 6.45) is 3.19. The number of benzene rings is 2. The first kappa shape index (κ1) is 21.7. The Morgan fingerprint density at radius 1 is 1.19 bits per heavy atom. The van der Waals surface area contributed by atoms with E-state index in [-0.39, 0.29) is 11.9 Å². The Labute approximate surface area is 186 Å². The van der Waals surface area contributed by atoms with Crippen LogP contribution >= 0.6 is 0 Å². The summed E-state index contributed by atoms with van der Waals surface area (Å²) in [6.45, 7) is 3.68. The molecule has 3 aromatic rings. The van der Waals surface area contributed by atoms with Crippen LogP contribution in [0, 0.1) is 6.92 Å². The molecule has 1 saturated carbocycles. The monoisotopic (exact) mass is 434 g/mol. The fourth-order valence-electron chi connectivity index (χ4n) is 3.50. The van der Waals surface area contributed by atoms with Gasteiger partial charge in [-0.15, -0.1) is 0 Å². The molecule has 4 rings (SSSR count). The van der Waals surface area contributed by atoms with E-state index < -0.39 is 18.1 Å². The zero-order chi connectivity index (χ0) is 22.8. The Bertz CT molecular complexity index is 1180. The number of aliphatic carboxylic acids is 1. The van der Waals surface area contributed by atoms with Crippen molar-refractivity contribution in [2.24, 2.45) is 0 Å². The average molecular weight is 434 g/mol. The Kier molecular flexibility index (Phi) is 6.05. The summed E-state index contributed by atoms with van der Waals surface area (Å²) in [5, 5.41) is 16.1. The van der Waals surface area contributed by atoms with Gasteiger partial charge in [-0.3, -0.25) is 4.79 Å². The maximum atomic E-state index is 12.5. The Hall–Kier alpha value is -3.52. The molecule has 1 aromatic heterocycles. The van der Waals surface area contributed by atoms with Crippen LogP contribution in [0.5, 0.6) is 0 Å². The van der Waals surface area contributed by atoms with Gasteiger partial charge in [0.2, 0.25) is 5.95 Å². The van der Waals surface area contributed by atoms with E-state index in [4.69, 9.17) is 4.74 Å². The van der Waals surface area contributed by atoms with E-state index in [0.717, 1.165) is 34.9 Å². The molecular formula is C24H26N4O4. The van der Waals surface area contributed by atoms with Crippen LogP contribution in [0.15, 0.2) is 42.6 Å². The lowest BCUT2D eigenvalue weighted by Gasteiger charge is -2.20. The summed E-state index contributed by atoms with van der Waals surface area (Å²) < 4.78 is 5.13. The number of anilines is 1. The first-order valence-corrected chi connectivity index (χ1v) is 10.6. The van der Waals surface area contributed by atoms with Gasteiger partial charge >= 0.3 is 5.97 Å². The highest BCUT2D eigenvalue weighted by Crippen LogP contribution is 2.28. The van der Waals surface area contributed by atoms with E-state index >= 15 is 0 Å². The van der Waals surface area contributed by atoms with Gasteiger partial charge in [0.15, 0.2) is 6.04 Å². The second-order valence-corrected chi connectivity index (χ2v) is 8.15. The molecule has 0 radical (unpaired) electrons. The van der Waals surface area contributed by atoms with Crippen molar-refractivity contribution in [1.29, 1.82) is 0 Å². The Balaban J connectivity index is 1.61. The minimum absolute atomic E-state index is 0.0492. The summed E-state index contributed by atoms with van der Waals surface area (Å²) in [5.74, 6) is -0.872. The number of hydrogen-bond donors (Lipinski definition) is 3. The largest absolute Gasteiger partial charge is 0.480 e. The number of hydrogen-bond acceptors (Lipinski definition) is 6. The van der Waals surface area contributed by atoms with Crippen LogP contribution in [0.1, 0.15) is 35.7 Å². The number of amides is 1. The van der Waals surface area contributed by atoms with Gasteiger partial charge in [0, 0.05) is 30.3 Å². The number of fused-ring (bicyclic) bond motifs is 1. The number of ether oxygens (including phenoxy) is 1. The summed E-state index contributed by atoms with van der Waals surface area (Å²) >= 11 is 0. The van der Waals surface area contributed by atoms with Crippen LogP contribution in [-0.2, 0) is 9.53 Å². The van der Waals surface area contributed by atoms with Gasteiger partial charge in [0.1, 0.15) is 0 Å². The average Bonchev–Trinajstić information content (AvgIpc) is 3.60. The number of carbonyl (C=O) groups excluding carboxylic acids is 1. The molecule has 1 unspecified atom stereocenters. The molecule has 1 amide bonds. The fourth-order valence-corrected chi connectivity index (χ4v) is 3.50. The molecule has 1 aliphatic carbocycles. The molecule has 0 bridgehead atoms. The van der Waals surface area contributed by atoms with Gasteiger partial charge in [-0.1, -0.05) is 12.1 Å². The third-order valence-electron chi connectivity index (χ3n) is 5.69. The normalized spacial score (nSPS) is 15.2. The summed E-state index contributed by atoms with van der Waals surface area (Å²) in [4.78, 5) is 32.7. The number of aromatic nitrogens is 2. The van der Waals surface area contributed by atoms with Gasteiger partial charge in [-0.05, 0) is 67.6 Å². The van der Waals surface area contributed by atoms with E-state index in [9.17, 15) is 14.7 Å². The first-order valence-electron chi connectivity index (χ1n) is 10.6. The van der Waals surface area contributed by atoms with Crippen LogP contribution in [0.25, 0.3) is 22.0 Å². The maximum Gasteiger partial charge on any atom is 0.328 e. The van der Waals surface area contributed by atoms with Crippen molar-refractivity contribution >= 4 is 28.7 Å². The molecule has 1 aliphatic rings. The number of carbonyl (C=O) groups is 2. The minimum Gasteiger partial charge on any atom is -0.480 e. The van der Waals surface area contributed by atoms with Crippen molar-refractivity contribution in [3.05, 3.63) is 53.7 Å². The molecule has 0 spiro atoms. The molecule has 1 fully saturated rings. The van der Waals surface area contributed by atoms with Crippen LogP contribution in [0.2, 0.25) is 0 Å². The zero-order valence-electron chi connectivity index (χ0n) is 18.3. The lowest BCUT2D eigenvalue weighted by Crippen LogP contribution is -2.40. The molecule has 1 heterocycles. The van der Waals surface area contributed by atoms with Gasteiger partial charge in [-0.2, -0.15) is 0 Å². The molecule has 2 atom stereocenters. The Morgan fingerprint density at radius 3 is 2.66 bits per heavy atom. The highest BCUT2D eigenvalue weighted by molar-refractivity contribution is 5.96. The molecule has 0 aliphatic heterocycles. The number of rotatable bonds is 8. The quantitative estimate of drug-likeness (QED) is 0.498. The van der Waals surface area contributed by atoms with E-state index in [1.54, 1.807) is 13.1 Å². The lowest BCUT2D eigenvalue weighted by atomic mass is 9.97. The third kappa shape index (κ3) is 4.70. The molecule has 8 nitrogen and oxygen atoms in total. The predicted molar refractivity (Wildman–Crippen MR) is 122 cm³/mol. The highest BCUT2D eigenvalue weighted by atomic mass is 16.5. The maximum absolute atomic E-state index is 12.5. The van der Waals surface area contributed by atoms with Crippen LogP contribution in [0.4, 0.5) is 5.95 Å². The zero-order valence-corrected chi connectivity index (χ0v) is 18.3. The molecule has 8 heteroatoms. The van der Waals surface area contributed by atoms with Crippen LogP contribution in [0.3, 0.4) is 0 Å². The number of nitrogens with one attached hydrogen (secondary N) is 2. The molecule has 2 aromatic carbocycles. The SMILES string of the molecule is COC(C)[C@H](Nc1ncc2cc(-c3cc(C(=O)NC4CC4)ccc3C)ccc2n1)C(=O)O. The number of methoxy groups -OCH3 is 1. The standard InChI is InChI=1S/C24H26N4O4/c1-13-4-5-16(22(29)26-18-7-8-18)11-19(13)15-6-9-20-17(10-15)12-25-24(27-20)28-21(23(30)31)14(2)32-3/h4-6,9-12,14,18,21H,7-8H2,1-3H3,(H,26,29)(H,30,31)(H,25,27,28)/t14?,21-/m0/s1. The van der Waals surface area contributed by atoms with Gasteiger partial charge < -0.3 is 20.5 Å². The number of nitrogens with zero attached hydrogens (tertiary/aromatic N) is 2. The first-order chi connectivity index (χ1) is 15.4. The summed E-state index contributed by atoms with van der Waals surface area (Å²) in [7, 11) is 1.46. The highest BCUT2D eigenvalue weighted by Gasteiger charge is 2.26. The van der Waals surface area contributed by atoms with Crippen molar-refractivity contribution in [1.82, 2.24) is 15.3 Å². The van der Waals surface area contributed by atoms with Crippen LogP contribution in [-0.4, -0.2) is 52.2 Å². The lowest BCUT2D eigenvalue weighted by molar-refractivity contribution is -0.140. The second-order valence-electron chi connectivity index (χ2n) is 8.15. The van der Waals surface area contributed by atoms with Gasteiger partial charge in [-0.25, -0.2) is 14.8 Å². The van der Waals surface area contributed by atoms with Crippen molar-refractivity contribution in [2.75, 3.05) is 12.4 Å². The van der Waals surface area contributed by atoms with Crippen molar-refractivity contribution in [2.45, 2.75) is 44.9 Å². The predicted octanol–water partition coefficient (Wildman–Crippen LogP) is 3.40. The van der Waals surface area contributed by atoms with Gasteiger partial charge in [0.05, 0.1) is 11.6 Å².